The molecule has 6 nitrogen and oxygen atoms in total. The molecule has 0 aromatic heterocycles. The number of methoxy groups -OCH3 is 1. The maximum absolute atomic E-state index is 12.3. The van der Waals surface area contributed by atoms with Crippen LogP contribution in [-0.4, -0.2) is 36.7 Å². The predicted octanol–water partition coefficient (Wildman–Crippen LogP) is 3.61. The molecule has 0 aliphatic rings. The number of benzene rings is 2. The van der Waals surface area contributed by atoms with Gasteiger partial charge < -0.3 is 19.9 Å². The van der Waals surface area contributed by atoms with E-state index in [4.69, 9.17) is 9.47 Å². The minimum atomic E-state index is -0.988. The summed E-state index contributed by atoms with van der Waals surface area (Å²) in [5.41, 5.74) is 1.74. The number of hydrogen-bond acceptors (Lipinski definition) is 4. The number of para-hydroxylation sites is 1. The van der Waals surface area contributed by atoms with Gasteiger partial charge in [-0.2, -0.15) is 0 Å². The summed E-state index contributed by atoms with van der Waals surface area (Å²) in [4.78, 5) is 23.6. The molecule has 2 aromatic rings. The first-order valence-corrected chi connectivity index (χ1v) is 9.28. The molecule has 0 heterocycles. The Morgan fingerprint density at radius 2 is 1.75 bits per heavy atom. The largest absolute Gasteiger partial charge is 0.496 e. The fourth-order valence-electron chi connectivity index (χ4n) is 2.98. The van der Waals surface area contributed by atoms with Crippen LogP contribution in [0.5, 0.6) is 5.75 Å². The summed E-state index contributed by atoms with van der Waals surface area (Å²) < 4.78 is 11.4. The summed E-state index contributed by atoms with van der Waals surface area (Å²) in [7, 11) is 1.60. The van der Waals surface area contributed by atoms with Crippen molar-refractivity contribution in [1.82, 2.24) is 5.32 Å². The second-order valence-corrected chi connectivity index (χ2v) is 6.68. The third-order valence-corrected chi connectivity index (χ3v) is 4.28. The van der Waals surface area contributed by atoms with Gasteiger partial charge in [-0.1, -0.05) is 36.4 Å². The van der Waals surface area contributed by atoms with Crippen molar-refractivity contribution in [3.05, 3.63) is 65.2 Å². The first kappa shape index (κ1) is 21.4. The Kier molecular flexibility index (Phi) is 8.02. The SMILES string of the molecule is COc1ccccc1C(CNC(=O)CCc1ccccc1C(=O)O)OC(C)C. The van der Waals surface area contributed by atoms with E-state index in [0.717, 1.165) is 5.56 Å². The van der Waals surface area contributed by atoms with Crippen LogP contribution in [0.1, 0.15) is 47.9 Å². The molecule has 0 saturated heterocycles. The van der Waals surface area contributed by atoms with Crippen molar-refractivity contribution < 1.29 is 24.2 Å². The topological polar surface area (TPSA) is 84.9 Å². The van der Waals surface area contributed by atoms with Crippen molar-refractivity contribution in [3.8, 4) is 5.75 Å². The number of rotatable bonds is 10. The maximum Gasteiger partial charge on any atom is 0.335 e. The minimum Gasteiger partial charge on any atom is -0.496 e. The number of carboxylic acid groups (broad SMARTS) is 1. The number of amides is 1. The number of carbonyl (C=O) groups excluding carboxylic acids is 1. The highest BCUT2D eigenvalue weighted by molar-refractivity contribution is 5.89. The summed E-state index contributed by atoms with van der Waals surface area (Å²) in [5, 5.41) is 12.1. The third-order valence-electron chi connectivity index (χ3n) is 4.28. The summed E-state index contributed by atoms with van der Waals surface area (Å²) in [6.07, 6.45) is 0.198. The quantitative estimate of drug-likeness (QED) is 0.653. The van der Waals surface area contributed by atoms with E-state index in [1.165, 1.54) is 0 Å². The van der Waals surface area contributed by atoms with Crippen molar-refractivity contribution >= 4 is 11.9 Å². The molecule has 0 radical (unpaired) electrons. The molecular weight excluding hydrogens is 358 g/mol. The van der Waals surface area contributed by atoms with Crippen LogP contribution >= 0.6 is 0 Å². The van der Waals surface area contributed by atoms with E-state index in [2.05, 4.69) is 5.32 Å². The Morgan fingerprint density at radius 1 is 1.07 bits per heavy atom. The van der Waals surface area contributed by atoms with Gasteiger partial charge in [0, 0.05) is 18.5 Å². The summed E-state index contributed by atoms with van der Waals surface area (Å²) in [6.45, 7) is 4.18. The lowest BCUT2D eigenvalue weighted by Crippen LogP contribution is -2.31. The normalized spacial score (nSPS) is 11.9. The average Bonchev–Trinajstić information content (AvgIpc) is 2.69. The van der Waals surface area contributed by atoms with E-state index in [9.17, 15) is 14.7 Å². The van der Waals surface area contributed by atoms with Gasteiger partial charge in [-0.3, -0.25) is 4.79 Å². The summed E-state index contributed by atoms with van der Waals surface area (Å²) >= 11 is 0. The van der Waals surface area contributed by atoms with Crippen LogP contribution in [0.2, 0.25) is 0 Å². The van der Waals surface area contributed by atoms with Gasteiger partial charge in [0.1, 0.15) is 11.9 Å². The average molecular weight is 385 g/mol. The molecule has 2 rings (SSSR count). The molecular formula is C22H27NO5. The number of ether oxygens (including phenoxy) is 2. The molecule has 6 heteroatoms. The fourth-order valence-corrected chi connectivity index (χ4v) is 2.98. The molecule has 2 N–H and O–H groups in total. The van der Waals surface area contributed by atoms with E-state index in [-0.39, 0.29) is 30.1 Å². The van der Waals surface area contributed by atoms with Gasteiger partial charge in [0.15, 0.2) is 0 Å². The highest BCUT2D eigenvalue weighted by atomic mass is 16.5. The fraction of sp³-hybridized carbons (Fsp3) is 0.364. The standard InChI is InChI=1S/C22H27NO5/c1-15(2)28-20(18-10-6-7-11-19(18)27-3)14-23-21(24)13-12-16-8-4-5-9-17(16)22(25)26/h4-11,15,20H,12-14H2,1-3H3,(H,23,24)(H,25,26). The molecule has 0 bridgehead atoms. The molecule has 0 saturated carbocycles. The third kappa shape index (κ3) is 6.09. The Labute approximate surface area is 165 Å². The van der Waals surface area contributed by atoms with Gasteiger partial charge in [0.05, 0.1) is 18.8 Å². The minimum absolute atomic E-state index is 0.0192. The maximum atomic E-state index is 12.3. The van der Waals surface area contributed by atoms with Crippen molar-refractivity contribution in [2.45, 2.75) is 38.9 Å². The van der Waals surface area contributed by atoms with Crippen LogP contribution in [0, 0.1) is 0 Å². The number of aromatic carboxylic acids is 1. The molecule has 0 aliphatic heterocycles. The van der Waals surface area contributed by atoms with E-state index in [1.807, 2.05) is 38.1 Å². The smallest absolute Gasteiger partial charge is 0.335 e. The second kappa shape index (κ2) is 10.5. The second-order valence-electron chi connectivity index (χ2n) is 6.68. The zero-order valence-electron chi connectivity index (χ0n) is 16.5. The van der Waals surface area contributed by atoms with Crippen LogP contribution < -0.4 is 10.1 Å². The number of aryl methyl sites for hydroxylation is 1. The lowest BCUT2D eigenvalue weighted by molar-refractivity contribution is -0.122. The van der Waals surface area contributed by atoms with Gasteiger partial charge in [-0.25, -0.2) is 4.79 Å². The van der Waals surface area contributed by atoms with Gasteiger partial charge in [-0.05, 0) is 38.0 Å². The zero-order chi connectivity index (χ0) is 20.5. The van der Waals surface area contributed by atoms with Crippen LogP contribution in [0.4, 0.5) is 0 Å². The monoisotopic (exact) mass is 385 g/mol. The first-order chi connectivity index (χ1) is 13.4. The highest BCUT2D eigenvalue weighted by Gasteiger charge is 2.19. The molecule has 0 fully saturated rings. The lowest BCUT2D eigenvalue weighted by Gasteiger charge is -2.23. The lowest BCUT2D eigenvalue weighted by atomic mass is 10.0. The van der Waals surface area contributed by atoms with Crippen LogP contribution in [0.15, 0.2) is 48.5 Å². The van der Waals surface area contributed by atoms with Gasteiger partial charge in [0.2, 0.25) is 5.91 Å². The molecule has 2 aromatic carbocycles. The Balaban J connectivity index is 1.99. The highest BCUT2D eigenvalue weighted by Crippen LogP contribution is 2.28. The molecule has 1 atom stereocenters. The molecule has 1 unspecified atom stereocenters. The number of hydrogen-bond donors (Lipinski definition) is 2. The number of nitrogens with one attached hydrogen (secondary N) is 1. The molecule has 1 amide bonds. The Bertz CT molecular complexity index is 803. The first-order valence-electron chi connectivity index (χ1n) is 9.28. The van der Waals surface area contributed by atoms with Gasteiger partial charge in [0.25, 0.3) is 0 Å². The number of carboxylic acids is 1. The van der Waals surface area contributed by atoms with Crippen LogP contribution in [0.25, 0.3) is 0 Å². The van der Waals surface area contributed by atoms with Crippen molar-refractivity contribution in [1.29, 1.82) is 0 Å². The Hall–Kier alpha value is -2.86. The zero-order valence-corrected chi connectivity index (χ0v) is 16.5. The van der Waals surface area contributed by atoms with Crippen LogP contribution in [-0.2, 0) is 16.0 Å². The van der Waals surface area contributed by atoms with Crippen molar-refractivity contribution in [2.75, 3.05) is 13.7 Å². The molecule has 28 heavy (non-hydrogen) atoms. The van der Waals surface area contributed by atoms with E-state index in [0.29, 0.717) is 24.3 Å². The van der Waals surface area contributed by atoms with Crippen molar-refractivity contribution in [2.24, 2.45) is 0 Å². The van der Waals surface area contributed by atoms with Crippen molar-refractivity contribution in [3.63, 3.8) is 0 Å². The summed E-state index contributed by atoms with van der Waals surface area (Å²) in [5.74, 6) is -0.442. The van der Waals surface area contributed by atoms with Gasteiger partial charge >= 0.3 is 5.97 Å². The van der Waals surface area contributed by atoms with E-state index in [1.54, 1.807) is 31.4 Å². The summed E-state index contributed by atoms with van der Waals surface area (Å²) in [6, 6.07) is 14.3. The van der Waals surface area contributed by atoms with Gasteiger partial charge in [-0.15, -0.1) is 0 Å². The van der Waals surface area contributed by atoms with Crippen LogP contribution in [0.3, 0.4) is 0 Å². The van der Waals surface area contributed by atoms with E-state index >= 15 is 0 Å². The predicted molar refractivity (Wildman–Crippen MR) is 107 cm³/mol. The molecule has 0 aliphatic carbocycles. The molecule has 150 valence electrons. The Morgan fingerprint density at radius 3 is 2.43 bits per heavy atom. The number of carbonyl (C=O) groups is 2. The molecule has 0 spiro atoms. The van der Waals surface area contributed by atoms with E-state index < -0.39 is 5.97 Å².